The van der Waals surface area contributed by atoms with Crippen LogP contribution in [0.2, 0.25) is 0 Å². The minimum atomic E-state index is -4.33. The van der Waals surface area contributed by atoms with E-state index in [0.29, 0.717) is 0 Å². The van der Waals surface area contributed by atoms with Gasteiger partial charge in [0.2, 0.25) is 0 Å². The van der Waals surface area contributed by atoms with Gasteiger partial charge in [-0.1, -0.05) is 6.92 Å². The van der Waals surface area contributed by atoms with Crippen molar-refractivity contribution in [2.75, 3.05) is 6.54 Å². The normalized spacial score (nSPS) is 20.1. The second-order valence-corrected chi connectivity index (χ2v) is 4.44. The molecule has 2 atom stereocenters. The zero-order valence-corrected chi connectivity index (χ0v) is 9.87. The molecule has 0 bridgehead atoms. The van der Waals surface area contributed by atoms with Crippen LogP contribution < -0.4 is 5.73 Å². The molecule has 0 radical (unpaired) electrons. The van der Waals surface area contributed by atoms with Gasteiger partial charge in [-0.15, -0.1) is 0 Å². The lowest BCUT2D eigenvalue weighted by atomic mass is 10.0. The van der Waals surface area contributed by atoms with Crippen molar-refractivity contribution in [3.8, 4) is 6.07 Å². The van der Waals surface area contributed by atoms with Crippen LogP contribution in [-0.2, 0) is 0 Å². The third-order valence-corrected chi connectivity index (χ3v) is 3.07. The third kappa shape index (κ3) is 3.86. The quantitative estimate of drug-likeness (QED) is 0.783. The maximum Gasteiger partial charge on any atom is 0.405 e. The first-order valence-corrected chi connectivity index (χ1v) is 5.86. The van der Waals surface area contributed by atoms with Crippen molar-refractivity contribution >= 4 is 0 Å². The Hall–Kier alpha value is -0.800. The Kier molecular flexibility index (Phi) is 4.78. The van der Waals surface area contributed by atoms with Gasteiger partial charge in [-0.3, -0.25) is 4.90 Å². The van der Waals surface area contributed by atoms with Gasteiger partial charge in [-0.25, -0.2) is 0 Å². The SMILES string of the molecule is CCC(N)C(N(CCC#N)C1CC1)C(F)(F)F. The second kappa shape index (κ2) is 5.69. The van der Waals surface area contributed by atoms with Crippen LogP contribution in [-0.4, -0.2) is 35.7 Å². The Morgan fingerprint density at radius 3 is 2.41 bits per heavy atom. The highest BCUT2D eigenvalue weighted by Gasteiger charge is 2.50. The molecule has 0 spiro atoms. The fourth-order valence-electron chi connectivity index (χ4n) is 2.03. The van der Waals surface area contributed by atoms with Crippen molar-refractivity contribution < 1.29 is 13.2 Å². The Balaban J connectivity index is 2.80. The standard InChI is InChI=1S/C11H18F3N3/c1-2-9(16)10(11(12,13)14)17(7-3-6-15)8-4-5-8/h8-10H,2-5,7,16H2,1H3. The van der Waals surface area contributed by atoms with E-state index in [1.807, 2.05) is 6.07 Å². The van der Waals surface area contributed by atoms with E-state index in [1.165, 1.54) is 4.90 Å². The van der Waals surface area contributed by atoms with Crippen LogP contribution in [0.25, 0.3) is 0 Å². The summed E-state index contributed by atoms with van der Waals surface area (Å²) < 4.78 is 39.1. The van der Waals surface area contributed by atoms with Crippen LogP contribution in [0.15, 0.2) is 0 Å². The summed E-state index contributed by atoms with van der Waals surface area (Å²) in [6.45, 7) is 1.80. The van der Waals surface area contributed by atoms with Crippen LogP contribution in [0.4, 0.5) is 13.2 Å². The predicted molar refractivity (Wildman–Crippen MR) is 58.1 cm³/mol. The molecule has 1 aliphatic rings. The summed E-state index contributed by atoms with van der Waals surface area (Å²) in [5.74, 6) is 0. The van der Waals surface area contributed by atoms with E-state index in [4.69, 9.17) is 11.0 Å². The summed E-state index contributed by atoms with van der Waals surface area (Å²) in [7, 11) is 0. The Morgan fingerprint density at radius 2 is 2.06 bits per heavy atom. The Labute approximate surface area is 99.4 Å². The van der Waals surface area contributed by atoms with Gasteiger partial charge in [-0.2, -0.15) is 18.4 Å². The number of halogens is 3. The maximum absolute atomic E-state index is 13.0. The van der Waals surface area contributed by atoms with Crippen LogP contribution in [0, 0.1) is 11.3 Å². The van der Waals surface area contributed by atoms with Crippen LogP contribution in [0.1, 0.15) is 32.6 Å². The molecule has 0 aliphatic heterocycles. The number of nitrogens with two attached hydrogens (primary N) is 1. The fraction of sp³-hybridized carbons (Fsp3) is 0.909. The maximum atomic E-state index is 13.0. The number of hydrogen-bond donors (Lipinski definition) is 1. The number of hydrogen-bond acceptors (Lipinski definition) is 3. The summed E-state index contributed by atoms with van der Waals surface area (Å²) >= 11 is 0. The molecular weight excluding hydrogens is 231 g/mol. The van der Waals surface area contributed by atoms with Gasteiger partial charge in [0.25, 0.3) is 0 Å². The number of rotatable bonds is 6. The largest absolute Gasteiger partial charge is 0.405 e. The minimum Gasteiger partial charge on any atom is -0.326 e. The molecule has 0 aromatic carbocycles. The van der Waals surface area contributed by atoms with E-state index in [2.05, 4.69) is 0 Å². The summed E-state index contributed by atoms with van der Waals surface area (Å²) in [4.78, 5) is 1.37. The molecule has 0 saturated heterocycles. The van der Waals surface area contributed by atoms with Crippen molar-refractivity contribution in [2.45, 2.75) is 56.9 Å². The Morgan fingerprint density at radius 1 is 1.47 bits per heavy atom. The Bertz CT molecular complexity index is 281. The molecule has 1 fully saturated rings. The number of nitrogens with zero attached hydrogens (tertiary/aromatic N) is 2. The topological polar surface area (TPSA) is 53.0 Å². The van der Waals surface area contributed by atoms with Crippen molar-refractivity contribution in [3.05, 3.63) is 0 Å². The smallest absolute Gasteiger partial charge is 0.326 e. The van der Waals surface area contributed by atoms with E-state index < -0.39 is 18.3 Å². The molecular formula is C11H18F3N3. The zero-order valence-electron chi connectivity index (χ0n) is 9.87. The lowest BCUT2D eigenvalue weighted by Gasteiger charge is -2.36. The van der Waals surface area contributed by atoms with Gasteiger partial charge in [0.1, 0.15) is 6.04 Å². The molecule has 1 aliphatic carbocycles. The van der Waals surface area contributed by atoms with Crippen LogP contribution in [0.3, 0.4) is 0 Å². The van der Waals surface area contributed by atoms with E-state index in [1.54, 1.807) is 6.92 Å². The fourth-order valence-corrected chi connectivity index (χ4v) is 2.03. The third-order valence-electron chi connectivity index (χ3n) is 3.07. The van der Waals surface area contributed by atoms with E-state index in [0.717, 1.165) is 12.8 Å². The highest BCUT2D eigenvalue weighted by Crippen LogP contribution is 2.36. The summed E-state index contributed by atoms with van der Waals surface area (Å²) in [6.07, 6.45) is -2.39. The number of nitriles is 1. The molecule has 6 heteroatoms. The van der Waals surface area contributed by atoms with E-state index in [9.17, 15) is 13.2 Å². The first-order valence-electron chi connectivity index (χ1n) is 5.86. The lowest BCUT2D eigenvalue weighted by Crippen LogP contribution is -2.56. The average molecular weight is 249 g/mol. The molecule has 0 amide bonds. The van der Waals surface area contributed by atoms with Crippen molar-refractivity contribution in [1.82, 2.24) is 4.90 Å². The molecule has 1 rings (SSSR count). The first-order chi connectivity index (χ1) is 7.91. The van der Waals surface area contributed by atoms with Gasteiger partial charge in [-0.05, 0) is 19.3 Å². The second-order valence-electron chi connectivity index (χ2n) is 4.44. The van der Waals surface area contributed by atoms with Crippen molar-refractivity contribution in [3.63, 3.8) is 0 Å². The highest BCUT2D eigenvalue weighted by atomic mass is 19.4. The highest BCUT2D eigenvalue weighted by molar-refractivity contribution is 4.96. The minimum absolute atomic E-state index is 0.0485. The summed E-state index contributed by atoms with van der Waals surface area (Å²) in [6, 6.07) is -0.694. The van der Waals surface area contributed by atoms with Gasteiger partial charge >= 0.3 is 6.18 Å². The summed E-state index contributed by atoms with van der Waals surface area (Å²) in [5.41, 5.74) is 5.60. The molecule has 3 nitrogen and oxygen atoms in total. The van der Waals surface area contributed by atoms with Crippen LogP contribution in [0.5, 0.6) is 0 Å². The van der Waals surface area contributed by atoms with Gasteiger partial charge in [0.05, 0.1) is 6.07 Å². The summed E-state index contributed by atoms with van der Waals surface area (Å²) in [5, 5.41) is 8.51. The van der Waals surface area contributed by atoms with Gasteiger partial charge in [0.15, 0.2) is 0 Å². The predicted octanol–water partition coefficient (Wildman–Crippen LogP) is 2.03. The lowest BCUT2D eigenvalue weighted by molar-refractivity contribution is -0.191. The van der Waals surface area contributed by atoms with Crippen molar-refractivity contribution in [1.29, 1.82) is 5.26 Å². The van der Waals surface area contributed by atoms with Gasteiger partial charge in [0, 0.05) is 25.0 Å². The monoisotopic (exact) mass is 249 g/mol. The first kappa shape index (κ1) is 14.3. The molecule has 2 N–H and O–H groups in total. The molecule has 0 heterocycles. The molecule has 1 saturated carbocycles. The van der Waals surface area contributed by atoms with Gasteiger partial charge < -0.3 is 5.73 Å². The van der Waals surface area contributed by atoms with Crippen molar-refractivity contribution in [2.24, 2.45) is 5.73 Å². The van der Waals surface area contributed by atoms with E-state index in [-0.39, 0.29) is 25.4 Å². The molecule has 98 valence electrons. The molecule has 0 aromatic rings. The zero-order chi connectivity index (χ0) is 13.1. The van der Waals surface area contributed by atoms with Crippen LogP contribution >= 0.6 is 0 Å². The molecule has 2 unspecified atom stereocenters. The number of alkyl halides is 3. The average Bonchev–Trinajstić information content (AvgIpc) is 3.05. The van der Waals surface area contributed by atoms with E-state index >= 15 is 0 Å². The molecule has 0 aromatic heterocycles. The molecule has 17 heavy (non-hydrogen) atoms.